The third-order valence-electron chi connectivity index (χ3n) is 5.59. The van der Waals surface area contributed by atoms with Crippen molar-refractivity contribution in [1.29, 1.82) is 0 Å². The summed E-state index contributed by atoms with van der Waals surface area (Å²) in [5.41, 5.74) is 2.20. The molecule has 1 atom stereocenters. The van der Waals surface area contributed by atoms with Gasteiger partial charge in [-0.1, -0.05) is 35.9 Å². The summed E-state index contributed by atoms with van der Waals surface area (Å²) in [6.07, 6.45) is 1.63. The molecule has 1 aromatic carbocycles. The van der Waals surface area contributed by atoms with Crippen molar-refractivity contribution in [3.05, 3.63) is 71.1 Å². The molecule has 0 unspecified atom stereocenters. The molecule has 1 aromatic heterocycles. The zero-order chi connectivity index (χ0) is 21.1. The summed E-state index contributed by atoms with van der Waals surface area (Å²) in [7, 11) is 0. The summed E-state index contributed by atoms with van der Waals surface area (Å²) < 4.78 is 5.38. The normalized spacial score (nSPS) is 21.9. The van der Waals surface area contributed by atoms with E-state index in [0.717, 1.165) is 18.7 Å². The molecule has 0 bridgehead atoms. The molecule has 2 saturated heterocycles. The molecule has 7 heteroatoms. The number of aromatic nitrogens is 1. The molecule has 4 rings (SSSR count). The molecule has 2 aromatic rings. The molecule has 0 radical (unpaired) electrons. The number of benzene rings is 1. The fourth-order valence-corrected chi connectivity index (χ4v) is 3.90. The van der Waals surface area contributed by atoms with Gasteiger partial charge >= 0.3 is 0 Å². The van der Waals surface area contributed by atoms with Crippen LogP contribution < -0.4 is 0 Å². The molecule has 1 amide bonds. The van der Waals surface area contributed by atoms with Crippen molar-refractivity contribution in [2.45, 2.75) is 13.0 Å². The number of ether oxygens (including phenoxy) is 1. The van der Waals surface area contributed by atoms with Crippen LogP contribution in [0.4, 0.5) is 0 Å². The number of nitrogens with zero attached hydrogens (tertiary/aromatic N) is 3. The predicted molar refractivity (Wildman–Crippen MR) is 112 cm³/mol. The fourth-order valence-electron chi connectivity index (χ4n) is 3.90. The van der Waals surface area contributed by atoms with Gasteiger partial charge in [-0.3, -0.25) is 19.5 Å². The average Bonchev–Trinajstić information content (AvgIpc) is 3.04. The monoisotopic (exact) mass is 407 g/mol. The van der Waals surface area contributed by atoms with Crippen molar-refractivity contribution in [3.63, 3.8) is 0 Å². The Morgan fingerprint density at radius 1 is 1.10 bits per heavy atom. The van der Waals surface area contributed by atoms with E-state index >= 15 is 0 Å². The van der Waals surface area contributed by atoms with Gasteiger partial charge in [-0.2, -0.15) is 0 Å². The zero-order valence-electron chi connectivity index (χ0n) is 17.0. The zero-order valence-corrected chi connectivity index (χ0v) is 17.0. The van der Waals surface area contributed by atoms with Crippen molar-refractivity contribution >= 4 is 17.4 Å². The first-order chi connectivity index (χ1) is 14.6. The molecule has 30 heavy (non-hydrogen) atoms. The molecule has 1 N–H and O–H groups in total. The first kappa shape index (κ1) is 20.3. The first-order valence-corrected chi connectivity index (χ1v) is 10.1. The quantitative estimate of drug-likeness (QED) is 0.465. The number of aliphatic hydroxyl groups is 1. The number of carbonyl (C=O) groups is 2. The lowest BCUT2D eigenvalue weighted by Crippen LogP contribution is -2.42. The van der Waals surface area contributed by atoms with Crippen LogP contribution in [0.15, 0.2) is 54.2 Å². The van der Waals surface area contributed by atoms with E-state index in [1.165, 1.54) is 4.90 Å². The summed E-state index contributed by atoms with van der Waals surface area (Å²) >= 11 is 0. The lowest BCUT2D eigenvalue weighted by atomic mass is 9.98. The highest BCUT2D eigenvalue weighted by Gasteiger charge is 2.46. The average molecular weight is 407 g/mol. The molecule has 156 valence electrons. The Kier molecular flexibility index (Phi) is 5.92. The number of hydrogen-bond acceptors (Lipinski definition) is 6. The van der Waals surface area contributed by atoms with E-state index in [0.29, 0.717) is 37.6 Å². The van der Waals surface area contributed by atoms with Crippen molar-refractivity contribution in [3.8, 4) is 0 Å². The van der Waals surface area contributed by atoms with Crippen LogP contribution in [-0.2, 0) is 14.3 Å². The van der Waals surface area contributed by atoms with E-state index in [1.807, 2.05) is 25.1 Å². The Balaban J connectivity index is 1.71. The lowest BCUT2D eigenvalue weighted by Gasteiger charge is -2.30. The van der Waals surface area contributed by atoms with E-state index in [1.54, 1.807) is 30.5 Å². The summed E-state index contributed by atoms with van der Waals surface area (Å²) in [6.45, 7) is 5.86. The van der Waals surface area contributed by atoms with E-state index in [2.05, 4.69) is 9.88 Å². The van der Waals surface area contributed by atoms with Gasteiger partial charge in [0.05, 0.1) is 24.5 Å². The molecule has 2 fully saturated rings. The van der Waals surface area contributed by atoms with Crippen molar-refractivity contribution in [2.75, 3.05) is 39.4 Å². The molecule has 2 aliphatic rings. The topological polar surface area (TPSA) is 83.0 Å². The van der Waals surface area contributed by atoms with Crippen molar-refractivity contribution < 1.29 is 19.4 Å². The van der Waals surface area contributed by atoms with E-state index in [4.69, 9.17) is 4.74 Å². The SMILES string of the molecule is Cc1ccc(C(O)=C2C(=O)C(=O)N(CCN3CCOCC3)[C@H]2c2ccccn2)cc1. The highest BCUT2D eigenvalue weighted by molar-refractivity contribution is 6.46. The first-order valence-electron chi connectivity index (χ1n) is 10.1. The molecular weight excluding hydrogens is 382 g/mol. The van der Waals surface area contributed by atoms with Crippen LogP contribution in [0.1, 0.15) is 22.9 Å². The third-order valence-corrected chi connectivity index (χ3v) is 5.59. The Labute approximate surface area is 175 Å². The Morgan fingerprint density at radius 2 is 1.83 bits per heavy atom. The minimum atomic E-state index is -0.714. The Morgan fingerprint density at radius 3 is 2.50 bits per heavy atom. The number of morpholine rings is 1. The third kappa shape index (κ3) is 3.99. The predicted octanol–water partition coefficient (Wildman–Crippen LogP) is 2.14. The van der Waals surface area contributed by atoms with Crippen LogP contribution >= 0.6 is 0 Å². The number of hydrogen-bond donors (Lipinski definition) is 1. The summed E-state index contributed by atoms with van der Waals surface area (Å²) in [5.74, 6) is -1.45. The lowest BCUT2D eigenvalue weighted by molar-refractivity contribution is -0.140. The fraction of sp³-hybridized carbons (Fsp3) is 0.348. The number of aryl methyl sites for hydroxylation is 1. The van der Waals surface area contributed by atoms with Crippen LogP contribution in [-0.4, -0.2) is 71.0 Å². The number of aliphatic hydroxyl groups excluding tert-OH is 1. The number of Topliss-reactive ketones (excluding diaryl/α,β-unsaturated/α-hetero) is 1. The van der Waals surface area contributed by atoms with E-state index in [-0.39, 0.29) is 11.3 Å². The number of pyridine rings is 1. The molecule has 7 nitrogen and oxygen atoms in total. The van der Waals surface area contributed by atoms with Crippen LogP contribution in [0.5, 0.6) is 0 Å². The molecule has 0 aliphatic carbocycles. The van der Waals surface area contributed by atoms with Gasteiger partial charge < -0.3 is 14.7 Å². The van der Waals surface area contributed by atoms with Gasteiger partial charge in [0.25, 0.3) is 11.7 Å². The maximum Gasteiger partial charge on any atom is 0.295 e. The minimum Gasteiger partial charge on any atom is -0.507 e. The molecular formula is C23H25N3O4. The second kappa shape index (κ2) is 8.77. The smallest absolute Gasteiger partial charge is 0.295 e. The van der Waals surface area contributed by atoms with Gasteiger partial charge in [0.15, 0.2) is 0 Å². The van der Waals surface area contributed by atoms with Crippen LogP contribution in [0, 0.1) is 6.92 Å². The van der Waals surface area contributed by atoms with E-state index < -0.39 is 17.7 Å². The number of ketones is 1. The molecule has 3 heterocycles. The standard InChI is InChI=1S/C23H25N3O4/c1-16-5-7-17(8-6-16)21(27)19-20(18-4-2-3-9-24-18)26(23(29)22(19)28)11-10-25-12-14-30-15-13-25/h2-9,20,27H,10-15H2,1H3/t20-/m0/s1. The van der Waals surface area contributed by atoms with E-state index in [9.17, 15) is 14.7 Å². The summed E-state index contributed by atoms with van der Waals surface area (Å²) in [5, 5.41) is 11.0. The highest BCUT2D eigenvalue weighted by atomic mass is 16.5. The van der Waals surface area contributed by atoms with Crippen molar-refractivity contribution in [1.82, 2.24) is 14.8 Å². The van der Waals surface area contributed by atoms with Gasteiger partial charge in [0.1, 0.15) is 11.8 Å². The van der Waals surface area contributed by atoms with Gasteiger partial charge in [-0.05, 0) is 19.1 Å². The number of rotatable bonds is 5. The summed E-state index contributed by atoms with van der Waals surface area (Å²) in [4.78, 5) is 34.0. The highest BCUT2D eigenvalue weighted by Crippen LogP contribution is 2.38. The van der Waals surface area contributed by atoms with Gasteiger partial charge in [-0.25, -0.2) is 0 Å². The Bertz CT molecular complexity index is 950. The largest absolute Gasteiger partial charge is 0.507 e. The second-order valence-corrected chi connectivity index (χ2v) is 7.57. The van der Waals surface area contributed by atoms with Gasteiger partial charge in [-0.15, -0.1) is 0 Å². The van der Waals surface area contributed by atoms with Crippen molar-refractivity contribution in [2.24, 2.45) is 0 Å². The number of carbonyl (C=O) groups excluding carboxylic acids is 2. The molecule has 0 saturated carbocycles. The van der Waals surface area contributed by atoms with Crippen LogP contribution in [0.2, 0.25) is 0 Å². The van der Waals surface area contributed by atoms with Crippen LogP contribution in [0.25, 0.3) is 5.76 Å². The van der Waals surface area contributed by atoms with Crippen LogP contribution in [0.3, 0.4) is 0 Å². The summed E-state index contributed by atoms with van der Waals surface area (Å²) in [6, 6.07) is 11.9. The second-order valence-electron chi connectivity index (χ2n) is 7.57. The Hall–Kier alpha value is -3.03. The van der Waals surface area contributed by atoms with Gasteiger partial charge in [0.2, 0.25) is 0 Å². The number of likely N-dealkylation sites (tertiary alicyclic amines) is 1. The molecule has 2 aliphatic heterocycles. The number of amides is 1. The maximum atomic E-state index is 13.0. The van der Waals surface area contributed by atoms with Gasteiger partial charge in [0, 0.05) is 37.9 Å². The minimum absolute atomic E-state index is 0.0875. The maximum absolute atomic E-state index is 13.0. The molecule has 0 spiro atoms.